The number of nitrogens with one attached hydrogen (secondary N) is 1. The number of halogens is 1. The molecule has 0 unspecified atom stereocenters. The number of benzene rings is 2. The highest BCUT2D eigenvalue weighted by Gasteiger charge is 2.38. The summed E-state index contributed by atoms with van der Waals surface area (Å²) in [5.41, 5.74) is 2.75. The Morgan fingerprint density at radius 1 is 1.17 bits per heavy atom. The number of para-hydroxylation sites is 1. The Hall–Kier alpha value is -2.62. The lowest BCUT2D eigenvalue weighted by atomic mass is 9.76. The van der Waals surface area contributed by atoms with Gasteiger partial charge in [0.15, 0.2) is 0 Å². The van der Waals surface area contributed by atoms with Crippen molar-refractivity contribution in [2.45, 2.75) is 18.4 Å². The molecule has 0 saturated carbocycles. The van der Waals surface area contributed by atoms with Crippen LogP contribution in [0, 0.1) is 11.7 Å². The quantitative estimate of drug-likeness (QED) is 0.868. The van der Waals surface area contributed by atoms with E-state index in [0.717, 1.165) is 17.5 Å². The van der Waals surface area contributed by atoms with Crippen LogP contribution in [-0.2, 0) is 0 Å². The molecule has 0 saturated heterocycles. The van der Waals surface area contributed by atoms with E-state index in [1.54, 1.807) is 24.3 Å². The first-order valence-corrected chi connectivity index (χ1v) is 7.68. The topological polar surface area (TPSA) is 52.2 Å². The highest BCUT2D eigenvalue weighted by molar-refractivity contribution is 5.94. The second kappa shape index (κ2) is 5.23. The summed E-state index contributed by atoms with van der Waals surface area (Å²) < 4.78 is 13.2. The minimum Gasteiger partial charge on any atom is -0.545 e. The number of carbonyl (C=O) groups excluding carboxylic acids is 1. The molecule has 1 heterocycles. The van der Waals surface area contributed by atoms with Gasteiger partial charge in [0.1, 0.15) is 5.82 Å². The Bertz CT molecular complexity index is 798. The lowest BCUT2D eigenvalue weighted by Gasteiger charge is -2.38. The number of hydrogen-bond donors (Lipinski definition) is 1. The number of rotatable bonds is 2. The molecule has 0 spiro atoms. The van der Waals surface area contributed by atoms with Crippen molar-refractivity contribution in [2.75, 3.05) is 5.32 Å². The van der Waals surface area contributed by atoms with E-state index in [-0.39, 0.29) is 23.3 Å². The summed E-state index contributed by atoms with van der Waals surface area (Å²) in [6.45, 7) is 0. The normalized spacial score (nSPS) is 24.7. The van der Waals surface area contributed by atoms with Crippen LogP contribution in [0.4, 0.5) is 10.1 Å². The van der Waals surface area contributed by atoms with Crippen molar-refractivity contribution in [1.82, 2.24) is 0 Å². The molecule has 2 aromatic rings. The van der Waals surface area contributed by atoms with Crippen molar-refractivity contribution < 1.29 is 14.3 Å². The summed E-state index contributed by atoms with van der Waals surface area (Å²) >= 11 is 0. The molecule has 4 heteroatoms. The third-order valence-electron chi connectivity index (χ3n) is 4.85. The van der Waals surface area contributed by atoms with Gasteiger partial charge in [-0.2, -0.15) is 0 Å². The molecule has 116 valence electrons. The van der Waals surface area contributed by atoms with Gasteiger partial charge in [-0.1, -0.05) is 42.5 Å². The van der Waals surface area contributed by atoms with E-state index in [1.807, 2.05) is 6.07 Å². The van der Waals surface area contributed by atoms with Crippen LogP contribution in [0.25, 0.3) is 0 Å². The van der Waals surface area contributed by atoms with Gasteiger partial charge in [0.2, 0.25) is 0 Å². The Balaban J connectivity index is 1.83. The maximum absolute atomic E-state index is 13.2. The predicted molar refractivity (Wildman–Crippen MR) is 83.5 cm³/mol. The molecule has 1 N–H and O–H groups in total. The van der Waals surface area contributed by atoms with Crippen molar-refractivity contribution in [3.63, 3.8) is 0 Å². The van der Waals surface area contributed by atoms with Crippen LogP contribution < -0.4 is 10.4 Å². The molecule has 1 aliphatic carbocycles. The minimum absolute atomic E-state index is 0.0522. The fourth-order valence-electron chi connectivity index (χ4n) is 3.79. The number of aromatic carboxylic acids is 1. The van der Waals surface area contributed by atoms with E-state index in [9.17, 15) is 14.3 Å². The molecule has 3 nitrogen and oxygen atoms in total. The van der Waals surface area contributed by atoms with Crippen LogP contribution in [0.5, 0.6) is 0 Å². The Morgan fingerprint density at radius 2 is 1.96 bits per heavy atom. The highest BCUT2D eigenvalue weighted by Crippen LogP contribution is 2.50. The molecule has 0 radical (unpaired) electrons. The summed E-state index contributed by atoms with van der Waals surface area (Å²) in [6, 6.07) is 11.6. The number of carboxylic acid groups (broad SMARTS) is 1. The van der Waals surface area contributed by atoms with Gasteiger partial charge >= 0.3 is 0 Å². The molecule has 4 rings (SSSR count). The zero-order valence-corrected chi connectivity index (χ0v) is 12.3. The minimum atomic E-state index is -1.19. The Morgan fingerprint density at radius 3 is 2.70 bits per heavy atom. The molecule has 3 atom stereocenters. The van der Waals surface area contributed by atoms with Gasteiger partial charge in [-0.05, 0) is 35.6 Å². The summed E-state index contributed by atoms with van der Waals surface area (Å²) in [4.78, 5) is 11.4. The fourth-order valence-corrected chi connectivity index (χ4v) is 3.79. The zero-order chi connectivity index (χ0) is 16.0. The largest absolute Gasteiger partial charge is 0.545 e. The predicted octanol–water partition coefficient (Wildman–Crippen LogP) is 3.02. The van der Waals surface area contributed by atoms with E-state index in [1.165, 1.54) is 12.1 Å². The number of carbonyl (C=O) groups is 1. The van der Waals surface area contributed by atoms with E-state index >= 15 is 0 Å². The molecule has 2 aliphatic rings. The molecule has 0 aromatic heterocycles. The molecule has 1 aliphatic heterocycles. The van der Waals surface area contributed by atoms with Crippen molar-refractivity contribution in [2.24, 2.45) is 5.92 Å². The molecule has 0 amide bonds. The Labute approximate surface area is 133 Å². The summed E-state index contributed by atoms with van der Waals surface area (Å²) in [5.74, 6) is -1.00. The molecule has 23 heavy (non-hydrogen) atoms. The number of hydrogen-bond acceptors (Lipinski definition) is 3. The summed E-state index contributed by atoms with van der Waals surface area (Å²) in [5, 5.41) is 14.8. The summed E-state index contributed by atoms with van der Waals surface area (Å²) in [6.07, 6.45) is 5.18. The van der Waals surface area contributed by atoms with Crippen LogP contribution in [0.3, 0.4) is 0 Å². The maximum Gasteiger partial charge on any atom is 0.123 e. The maximum atomic E-state index is 13.2. The van der Waals surface area contributed by atoms with E-state index in [4.69, 9.17) is 0 Å². The Kier molecular flexibility index (Phi) is 3.18. The molecule has 0 bridgehead atoms. The number of anilines is 1. The van der Waals surface area contributed by atoms with E-state index in [2.05, 4.69) is 17.5 Å². The first-order chi connectivity index (χ1) is 11.1. The van der Waals surface area contributed by atoms with Gasteiger partial charge in [0.05, 0.1) is 12.0 Å². The van der Waals surface area contributed by atoms with Crippen LogP contribution in [0.1, 0.15) is 39.9 Å². The second-order valence-electron chi connectivity index (χ2n) is 6.08. The van der Waals surface area contributed by atoms with Gasteiger partial charge in [0.25, 0.3) is 0 Å². The third kappa shape index (κ3) is 2.22. The first kappa shape index (κ1) is 14.0. The number of fused-ring (bicyclic) bond motifs is 3. The van der Waals surface area contributed by atoms with Gasteiger partial charge in [-0.15, -0.1) is 0 Å². The number of allylic oxidation sites excluding steroid dienone is 2. The highest BCUT2D eigenvalue weighted by atomic mass is 19.1. The standard InChI is InChI=1S/C19H16FNO2/c20-12-9-7-11(8-10-12)17-14-4-1-3-13(14)15-5-2-6-16(19(22)23)18(15)21-17/h1-3,5-10,13-14,17,21H,4H2,(H,22,23)/p-1/t13-,14-,17+/m0/s1. The molecule has 0 fully saturated rings. The average Bonchev–Trinajstić information content (AvgIpc) is 3.04. The second-order valence-corrected chi connectivity index (χ2v) is 6.08. The zero-order valence-electron chi connectivity index (χ0n) is 12.3. The lowest BCUT2D eigenvalue weighted by molar-refractivity contribution is -0.254. The van der Waals surface area contributed by atoms with Crippen molar-refractivity contribution in [1.29, 1.82) is 0 Å². The van der Waals surface area contributed by atoms with Crippen LogP contribution in [-0.4, -0.2) is 5.97 Å². The van der Waals surface area contributed by atoms with Crippen molar-refractivity contribution in [3.8, 4) is 0 Å². The fraction of sp³-hybridized carbons (Fsp3) is 0.211. The van der Waals surface area contributed by atoms with Crippen LogP contribution in [0.2, 0.25) is 0 Å². The average molecular weight is 308 g/mol. The van der Waals surface area contributed by atoms with Gasteiger partial charge in [-0.3, -0.25) is 0 Å². The lowest BCUT2D eigenvalue weighted by Crippen LogP contribution is -2.32. The molecular formula is C19H15FNO2-. The molecule has 2 aromatic carbocycles. The monoisotopic (exact) mass is 308 g/mol. The van der Waals surface area contributed by atoms with E-state index < -0.39 is 5.97 Å². The third-order valence-corrected chi connectivity index (χ3v) is 4.85. The summed E-state index contributed by atoms with van der Waals surface area (Å²) in [7, 11) is 0. The van der Waals surface area contributed by atoms with Gasteiger partial charge in [-0.25, -0.2) is 4.39 Å². The van der Waals surface area contributed by atoms with E-state index in [0.29, 0.717) is 11.6 Å². The number of carboxylic acids is 1. The first-order valence-electron chi connectivity index (χ1n) is 7.68. The smallest absolute Gasteiger partial charge is 0.123 e. The molecular weight excluding hydrogens is 293 g/mol. The van der Waals surface area contributed by atoms with Crippen LogP contribution in [0.15, 0.2) is 54.6 Å². The SMILES string of the molecule is O=C([O-])c1cccc2c1N[C@H](c1ccc(F)cc1)[C@H]1CC=C[C@H]21. The van der Waals surface area contributed by atoms with Crippen molar-refractivity contribution in [3.05, 3.63) is 77.1 Å². The van der Waals surface area contributed by atoms with Crippen LogP contribution >= 0.6 is 0 Å². The van der Waals surface area contributed by atoms with Gasteiger partial charge in [0, 0.05) is 17.2 Å². The van der Waals surface area contributed by atoms with Crippen molar-refractivity contribution >= 4 is 11.7 Å². The van der Waals surface area contributed by atoms with Gasteiger partial charge < -0.3 is 15.2 Å².